The number of anilines is 1. The standard InChI is InChI=1S/C17H19F3N4O2/c18-17(19,20)10-1-3-12(4-2-10)24-15(21)14(16(22)26)9-23-11-5-7-13(25)8-6-11/h1-4,9,11,23H,5-8H2,(H2,21,24)(H2,22,26)/b14-9+. The lowest BCUT2D eigenvalue weighted by atomic mass is 9.94. The Bertz CT molecular complexity index is 717. The number of nitrogens with one attached hydrogen (secondary N) is 3. The van der Waals surface area contributed by atoms with E-state index in [2.05, 4.69) is 10.6 Å². The first-order chi connectivity index (χ1) is 12.2. The normalized spacial score (nSPS) is 16.3. The van der Waals surface area contributed by atoms with E-state index in [0.29, 0.717) is 25.7 Å². The molecule has 1 aliphatic rings. The van der Waals surface area contributed by atoms with Gasteiger partial charge in [-0.25, -0.2) is 0 Å². The second kappa shape index (κ2) is 8.03. The zero-order valence-electron chi connectivity index (χ0n) is 13.8. The van der Waals surface area contributed by atoms with Crippen LogP contribution in [0.25, 0.3) is 0 Å². The van der Waals surface area contributed by atoms with Gasteiger partial charge in [-0.1, -0.05) is 0 Å². The van der Waals surface area contributed by atoms with Crippen molar-refractivity contribution >= 4 is 23.2 Å². The molecule has 1 aromatic carbocycles. The van der Waals surface area contributed by atoms with Gasteiger partial charge in [0.2, 0.25) is 0 Å². The molecule has 1 aromatic rings. The van der Waals surface area contributed by atoms with Crippen molar-refractivity contribution in [3.05, 3.63) is 41.6 Å². The number of halogens is 3. The predicted molar refractivity (Wildman–Crippen MR) is 90.5 cm³/mol. The maximum absolute atomic E-state index is 12.6. The summed E-state index contributed by atoms with van der Waals surface area (Å²) in [6, 6.07) is 4.08. The highest BCUT2D eigenvalue weighted by Gasteiger charge is 2.30. The number of nitrogens with two attached hydrogens (primary N) is 1. The number of benzene rings is 1. The predicted octanol–water partition coefficient (Wildman–Crippen LogP) is 2.57. The van der Waals surface area contributed by atoms with Gasteiger partial charge >= 0.3 is 6.18 Å². The van der Waals surface area contributed by atoms with Crippen LogP contribution >= 0.6 is 0 Å². The van der Waals surface area contributed by atoms with E-state index in [0.717, 1.165) is 24.3 Å². The Balaban J connectivity index is 2.02. The van der Waals surface area contributed by atoms with Gasteiger partial charge in [-0.2, -0.15) is 13.2 Å². The Labute approximate surface area is 148 Å². The van der Waals surface area contributed by atoms with Crippen LogP contribution in [0.3, 0.4) is 0 Å². The third-order valence-corrected chi connectivity index (χ3v) is 4.02. The summed E-state index contributed by atoms with van der Waals surface area (Å²) in [6.45, 7) is 0. The molecular formula is C17H19F3N4O2. The van der Waals surface area contributed by atoms with Gasteiger partial charge in [0.05, 0.1) is 11.1 Å². The molecule has 140 valence electrons. The molecule has 26 heavy (non-hydrogen) atoms. The average molecular weight is 368 g/mol. The summed E-state index contributed by atoms with van der Waals surface area (Å²) in [4.78, 5) is 22.8. The van der Waals surface area contributed by atoms with Crippen molar-refractivity contribution in [2.24, 2.45) is 5.73 Å². The highest BCUT2D eigenvalue weighted by Crippen LogP contribution is 2.29. The summed E-state index contributed by atoms with van der Waals surface area (Å²) in [5, 5.41) is 13.5. The summed E-state index contributed by atoms with van der Waals surface area (Å²) in [5.74, 6) is -0.996. The molecule has 2 rings (SSSR count). The minimum Gasteiger partial charge on any atom is -0.387 e. The second-order valence-electron chi connectivity index (χ2n) is 5.98. The number of hydrogen-bond acceptors (Lipinski definition) is 4. The van der Waals surface area contributed by atoms with Crippen LogP contribution in [-0.4, -0.2) is 23.6 Å². The fourth-order valence-electron chi connectivity index (χ4n) is 2.53. The van der Waals surface area contributed by atoms with Crippen molar-refractivity contribution in [3.8, 4) is 0 Å². The summed E-state index contributed by atoms with van der Waals surface area (Å²) in [5.41, 5.74) is 4.55. The Morgan fingerprint density at radius 3 is 2.27 bits per heavy atom. The minimum absolute atomic E-state index is 0.000851. The molecule has 0 heterocycles. The lowest BCUT2D eigenvalue weighted by molar-refractivity contribution is -0.137. The first kappa shape index (κ1) is 19.5. The maximum atomic E-state index is 12.6. The number of alkyl halides is 3. The Kier molecular flexibility index (Phi) is 6.01. The smallest absolute Gasteiger partial charge is 0.387 e. The molecule has 1 saturated carbocycles. The minimum atomic E-state index is -4.45. The van der Waals surface area contributed by atoms with E-state index in [1.807, 2.05) is 0 Å². The van der Waals surface area contributed by atoms with E-state index in [1.165, 1.54) is 6.20 Å². The number of amides is 1. The summed E-state index contributed by atoms with van der Waals surface area (Å²) in [7, 11) is 0. The highest BCUT2D eigenvalue weighted by molar-refractivity contribution is 6.23. The molecule has 0 aliphatic heterocycles. The van der Waals surface area contributed by atoms with Gasteiger partial charge in [-0.05, 0) is 37.1 Å². The van der Waals surface area contributed by atoms with Crippen LogP contribution in [0.1, 0.15) is 31.2 Å². The van der Waals surface area contributed by atoms with Crippen molar-refractivity contribution in [1.82, 2.24) is 5.32 Å². The van der Waals surface area contributed by atoms with Gasteiger partial charge in [0.1, 0.15) is 11.6 Å². The van der Waals surface area contributed by atoms with Crippen molar-refractivity contribution in [2.75, 3.05) is 5.32 Å². The van der Waals surface area contributed by atoms with Gasteiger partial charge in [-0.3, -0.25) is 15.0 Å². The molecular weight excluding hydrogens is 349 g/mol. The van der Waals surface area contributed by atoms with Gasteiger partial charge in [0.25, 0.3) is 5.91 Å². The maximum Gasteiger partial charge on any atom is 0.416 e. The van der Waals surface area contributed by atoms with Gasteiger partial charge in [-0.15, -0.1) is 0 Å². The number of carbonyl (C=O) groups excluding carboxylic acids is 2. The van der Waals surface area contributed by atoms with E-state index in [-0.39, 0.29) is 28.9 Å². The first-order valence-electron chi connectivity index (χ1n) is 7.97. The third-order valence-electron chi connectivity index (χ3n) is 4.02. The third kappa shape index (κ3) is 5.33. The van der Waals surface area contributed by atoms with Crippen LogP contribution in [0.2, 0.25) is 0 Å². The highest BCUT2D eigenvalue weighted by atomic mass is 19.4. The van der Waals surface area contributed by atoms with Crippen LogP contribution in [0, 0.1) is 5.41 Å². The molecule has 0 aromatic heterocycles. The van der Waals surface area contributed by atoms with E-state index in [4.69, 9.17) is 11.1 Å². The van der Waals surface area contributed by atoms with E-state index in [9.17, 15) is 22.8 Å². The van der Waals surface area contributed by atoms with Crippen LogP contribution in [0.15, 0.2) is 36.0 Å². The van der Waals surface area contributed by atoms with Crippen LogP contribution in [-0.2, 0) is 15.8 Å². The van der Waals surface area contributed by atoms with Crippen LogP contribution < -0.4 is 16.4 Å². The Morgan fingerprint density at radius 1 is 1.19 bits per heavy atom. The molecule has 1 fully saturated rings. The van der Waals surface area contributed by atoms with Crippen molar-refractivity contribution in [1.29, 1.82) is 5.41 Å². The summed E-state index contributed by atoms with van der Waals surface area (Å²) in [6.07, 6.45) is -0.975. The SMILES string of the molecule is N=C(Nc1ccc(C(F)(F)F)cc1)/C(=C\NC1CCC(=O)CC1)C(N)=O. The topological polar surface area (TPSA) is 108 Å². The number of hydrogen-bond donors (Lipinski definition) is 4. The molecule has 9 heteroatoms. The van der Waals surface area contributed by atoms with Crippen molar-refractivity contribution in [2.45, 2.75) is 37.9 Å². The number of rotatable bonds is 5. The number of ketones is 1. The molecule has 6 nitrogen and oxygen atoms in total. The van der Waals surface area contributed by atoms with Gasteiger partial charge < -0.3 is 16.4 Å². The molecule has 1 aliphatic carbocycles. The van der Waals surface area contributed by atoms with E-state index >= 15 is 0 Å². The quantitative estimate of drug-likeness (QED) is 0.364. The second-order valence-corrected chi connectivity index (χ2v) is 5.98. The van der Waals surface area contributed by atoms with Crippen molar-refractivity contribution in [3.63, 3.8) is 0 Å². The molecule has 1 amide bonds. The molecule has 0 bridgehead atoms. The van der Waals surface area contributed by atoms with Crippen LogP contribution in [0.5, 0.6) is 0 Å². The molecule has 0 unspecified atom stereocenters. The van der Waals surface area contributed by atoms with E-state index in [1.54, 1.807) is 0 Å². The Hall–Kier alpha value is -2.84. The lowest BCUT2D eigenvalue weighted by Gasteiger charge is -2.21. The van der Waals surface area contributed by atoms with Gasteiger partial charge in [0, 0.05) is 30.8 Å². The molecule has 0 radical (unpaired) electrons. The van der Waals surface area contributed by atoms with Gasteiger partial charge in [0.15, 0.2) is 0 Å². The largest absolute Gasteiger partial charge is 0.416 e. The fourth-order valence-corrected chi connectivity index (χ4v) is 2.53. The molecule has 0 spiro atoms. The zero-order valence-corrected chi connectivity index (χ0v) is 13.8. The zero-order chi connectivity index (χ0) is 19.3. The molecule has 5 N–H and O–H groups in total. The number of primary amides is 1. The van der Waals surface area contributed by atoms with E-state index < -0.39 is 17.6 Å². The first-order valence-corrected chi connectivity index (χ1v) is 7.97. The number of Topliss-reactive ketones (excluding diaryl/α,β-unsaturated/α-hetero) is 1. The molecule has 0 atom stereocenters. The molecule has 0 saturated heterocycles. The summed E-state index contributed by atoms with van der Waals surface area (Å²) >= 11 is 0. The number of carbonyl (C=O) groups is 2. The Morgan fingerprint density at radius 2 is 1.77 bits per heavy atom. The average Bonchev–Trinajstić information content (AvgIpc) is 2.56. The van der Waals surface area contributed by atoms with Crippen molar-refractivity contribution < 1.29 is 22.8 Å². The summed E-state index contributed by atoms with van der Waals surface area (Å²) < 4.78 is 37.7. The number of amidine groups is 1. The lowest BCUT2D eigenvalue weighted by Crippen LogP contribution is -2.33. The fraction of sp³-hybridized carbons (Fsp3) is 0.353. The monoisotopic (exact) mass is 368 g/mol. The van der Waals surface area contributed by atoms with Crippen LogP contribution in [0.4, 0.5) is 18.9 Å².